The van der Waals surface area contributed by atoms with Gasteiger partial charge in [-0.15, -0.1) is 0 Å². The Morgan fingerprint density at radius 1 is 1.16 bits per heavy atom. The Kier molecular flexibility index (Phi) is 5.17. The lowest BCUT2D eigenvalue weighted by Gasteiger charge is -2.22. The molecule has 0 saturated heterocycles. The molecule has 0 amide bonds. The van der Waals surface area contributed by atoms with Gasteiger partial charge in [0.2, 0.25) is 10.0 Å². The molecule has 2 aliphatic rings. The predicted octanol–water partition coefficient (Wildman–Crippen LogP) is 4.92. The van der Waals surface area contributed by atoms with Crippen molar-refractivity contribution in [1.82, 2.24) is 14.1 Å². The first kappa shape index (κ1) is 20.7. The molecular formula is C23H29N3O4S. The van der Waals surface area contributed by atoms with Crippen LogP contribution in [0.1, 0.15) is 68.1 Å². The van der Waals surface area contributed by atoms with Gasteiger partial charge in [0.25, 0.3) is 0 Å². The van der Waals surface area contributed by atoms with Crippen LogP contribution in [0.15, 0.2) is 23.0 Å². The van der Waals surface area contributed by atoms with Crippen LogP contribution < -0.4 is 0 Å². The normalized spacial score (nSPS) is 19.2. The van der Waals surface area contributed by atoms with Crippen molar-refractivity contribution in [3.05, 3.63) is 35.5 Å². The molecule has 1 atom stereocenters. The Morgan fingerprint density at radius 3 is 2.52 bits per heavy atom. The van der Waals surface area contributed by atoms with Crippen LogP contribution in [0.25, 0.3) is 22.2 Å². The summed E-state index contributed by atoms with van der Waals surface area (Å²) in [4.78, 5) is 4.74. The van der Waals surface area contributed by atoms with E-state index in [1.54, 1.807) is 19.5 Å². The van der Waals surface area contributed by atoms with Gasteiger partial charge in [-0.05, 0) is 51.5 Å². The molecule has 5 rings (SSSR count). The molecule has 2 saturated carbocycles. The van der Waals surface area contributed by atoms with Gasteiger partial charge in [0.05, 0.1) is 28.1 Å². The van der Waals surface area contributed by atoms with E-state index in [0.29, 0.717) is 35.6 Å². The van der Waals surface area contributed by atoms with Crippen LogP contribution >= 0.6 is 0 Å². The molecule has 2 fully saturated rings. The van der Waals surface area contributed by atoms with E-state index in [1.807, 2.05) is 19.9 Å². The third-order valence-electron chi connectivity index (χ3n) is 6.82. The summed E-state index contributed by atoms with van der Waals surface area (Å²) in [5.41, 5.74) is 4.62. The Bertz CT molecular complexity index is 1200. The molecular weight excluding hydrogens is 414 g/mol. The molecule has 8 heteroatoms. The second kappa shape index (κ2) is 7.74. The molecule has 7 nitrogen and oxygen atoms in total. The second-order valence-corrected chi connectivity index (χ2v) is 11.1. The molecule has 0 radical (unpaired) electrons. The molecule has 3 aromatic rings. The second-order valence-electron chi connectivity index (χ2n) is 8.97. The zero-order valence-corrected chi connectivity index (χ0v) is 19.1. The van der Waals surface area contributed by atoms with Gasteiger partial charge < -0.3 is 9.26 Å². The molecule has 0 aromatic carbocycles. The number of methoxy groups -OCH3 is 1. The molecule has 166 valence electrons. The summed E-state index contributed by atoms with van der Waals surface area (Å²) in [6.45, 7) is 3.74. The Labute approximate surface area is 182 Å². The molecule has 31 heavy (non-hydrogen) atoms. The van der Waals surface area contributed by atoms with Gasteiger partial charge in [0, 0.05) is 36.2 Å². The largest absolute Gasteiger partial charge is 0.376 e. The number of ether oxygens (including phenoxy) is 1. The molecule has 2 aliphatic carbocycles. The van der Waals surface area contributed by atoms with E-state index in [9.17, 15) is 8.42 Å². The van der Waals surface area contributed by atoms with Crippen molar-refractivity contribution >= 4 is 21.1 Å². The monoisotopic (exact) mass is 443 g/mol. The number of fused-ring (bicyclic) bond motifs is 1. The highest BCUT2D eigenvalue weighted by Crippen LogP contribution is 2.45. The van der Waals surface area contributed by atoms with E-state index >= 15 is 0 Å². The van der Waals surface area contributed by atoms with Crippen LogP contribution in [0.2, 0.25) is 0 Å². The van der Waals surface area contributed by atoms with E-state index in [-0.39, 0.29) is 11.4 Å². The average Bonchev–Trinajstić information content (AvgIpc) is 3.45. The first-order valence-corrected chi connectivity index (χ1v) is 12.6. The maximum Gasteiger partial charge on any atom is 0.241 e. The quantitative estimate of drug-likeness (QED) is 0.538. The highest BCUT2D eigenvalue weighted by Gasteiger charge is 2.37. The average molecular weight is 444 g/mol. The van der Waals surface area contributed by atoms with Crippen LogP contribution in [-0.4, -0.2) is 34.9 Å². The molecule has 0 aliphatic heterocycles. The van der Waals surface area contributed by atoms with Crippen molar-refractivity contribution in [2.45, 2.75) is 70.1 Å². The highest BCUT2D eigenvalue weighted by molar-refractivity contribution is 7.90. The van der Waals surface area contributed by atoms with Crippen LogP contribution in [0, 0.1) is 19.8 Å². The van der Waals surface area contributed by atoms with E-state index in [2.05, 4.69) is 5.16 Å². The minimum absolute atomic E-state index is 0.136. The van der Waals surface area contributed by atoms with E-state index in [4.69, 9.17) is 14.2 Å². The topological polar surface area (TPSA) is 87.2 Å². The first-order chi connectivity index (χ1) is 14.9. The van der Waals surface area contributed by atoms with Gasteiger partial charge in [0.1, 0.15) is 5.76 Å². The van der Waals surface area contributed by atoms with Crippen molar-refractivity contribution in [2.24, 2.45) is 5.92 Å². The van der Waals surface area contributed by atoms with Crippen molar-refractivity contribution in [3.63, 3.8) is 0 Å². The highest BCUT2D eigenvalue weighted by atomic mass is 32.2. The van der Waals surface area contributed by atoms with Gasteiger partial charge in [-0.25, -0.2) is 12.4 Å². The summed E-state index contributed by atoms with van der Waals surface area (Å²) in [5.74, 6) is 1.12. The smallest absolute Gasteiger partial charge is 0.241 e. The van der Waals surface area contributed by atoms with Gasteiger partial charge in [-0.3, -0.25) is 4.98 Å². The van der Waals surface area contributed by atoms with E-state index < -0.39 is 10.0 Å². The molecule has 0 N–H and O–H groups in total. The lowest BCUT2D eigenvalue weighted by molar-refractivity contribution is 0.0856. The standard InChI is InChI=1S/C23H29N3O4S/c1-14-21(15(2)30-25-14)17-11-20-22(24-12-17)19(23(29-3)16-9-10-16)13-26(20)31(27,28)18-7-5-4-6-8-18/h11-13,16,18,23H,4-10H2,1-3H3. The summed E-state index contributed by atoms with van der Waals surface area (Å²) in [7, 11) is -1.84. The third kappa shape index (κ3) is 3.49. The van der Waals surface area contributed by atoms with Gasteiger partial charge in [-0.1, -0.05) is 24.4 Å². The van der Waals surface area contributed by atoms with Crippen LogP contribution in [0.3, 0.4) is 0 Å². The summed E-state index contributed by atoms with van der Waals surface area (Å²) in [6, 6.07) is 1.92. The molecule has 1 unspecified atom stereocenters. The minimum Gasteiger partial charge on any atom is -0.376 e. The van der Waals surface area contributed by atoms with Crippen molar-refractivity contribution in [2.75, 3.05) is 7.11 Å². The van der Waals surface area contributed by atoms with Crippen LogP contribution in [0.4, 0.5) is 0 Å². The fraction of sp³-hybridized carbons (Fsp3) is 0.565. The van der Waals surface area contributed by atoms with Gasteiger partial charge >= 0.3 is 0 Å². The third-order valence-corrected chi connectivity index (χ3v) is 8.98. The fourth-order valence-electron chi connectivity index (χ4n) is 5.05. The minimum atomic E-state index is -3.54. The van der Waals surface area contributed by atoms with Crippen LogP contribution in [0.5, 0.6) is 0 Å². The number of hydrogen-bond donors (Lipinski definition) is 0. The van der Waals surface area contributed by atoms with Crippen molar-refractivity contribution in [3.8, 4) is 11.1 Å². The zero-order valence-electron chi connectivity index (χ0n) is 18.3. The van der Waals surface area contributed by atoms with E-state index in [0.717, 1.165) is 54.5 Å². The number of aromatic nitrogens is 3. The number of rotatable bonds is 6. The number of pyridine rings is 1. The lowest BCUT2D eigenvalue weighted by atomic mass is 10.0. The summed E-state index contributed by atoms with van der Waals surface area (Å²) in [5, 5.41) is 3.70. The molecule has 3 aromatic heterocycles. The SMILES string of the molecule is COC(c1cn(S(=O)(=O)C2CCCCC2)c2cc(-c3c(C)noc3C)cnc12)C1CC1. The maximum atomic E-state index is 13.7. The Balaban J connectivity index is 1.71. The van der Waals surface area contributed by atoms with Crippen LogP contribution in [-0.2, 0) is 14.8 Å². The summed E-state index contributed by atoms with van der Waals surface area (Å²) in [6.07, 6.45) is 10.1. The Hall–Kier alpha value is -2.19. The summed E-state index contributed by atoms with van der Waals surface area (Å²) >= 11 is 0. The maximum absolute atomic E-state index is 13.7. The lowest BCUT2D eigenvalue weighted by Crippen LogP contribution is -2.29. The van der Waals surface area contributed by atoms with E-state index in [1.165, 1.54) is 3.97 Å². The Morgan fingerprint density at radius 2 is 1.90 bits per heavy atom. The van der Waals surface area contributed by atoms with Gasteiger partial charge in [0.15, 0.2) is 0 Å². The predicted molar refractivity (Wildman–Crippen MR) is 118 cm³/mol. The van der Waals surface area contributed by atoms with Crippen molar-refractivity contribution in [1.29, 1.82) is 0 Å². The molecule has 3 heterocycles. The fourth-order valence-corrected chi connectivity index (χ4v) is 6.97. The zero-order chi connectivity index (χ0) is 21.8. The number of hydrogen-bond acceptors (Lipinski definition) is 6. The van der Waals surface area contributed by atoms with Crippen molar-refractivity contribution < 1.29 is 17.7 Å². The first-order valence-electron chi connectivity index (χ1n) is 11.1. The molecule has 0 bridgehead atoms. The number of aryl methyl sites for hydroxylation is 2. The number of nitrogens with zero attached hydrogens (tertiary/aromatic N) is 3. The molecule has 0 spiro atoms. The summed E-state index contributed by atoms with van der Waals surface area (Å²) < 4.78 is 40.0. The van der Waals surface area contributed by atoms with Gasteiger partial charge in [-0.2, -0.15) is 0 Å².